The number of hydrogen-bond acceptors (Lipinski definition) is 6. The topological polar surface area (TPSA) is 89.9 Å². The van der Waals surface area contributed by atoms with E-state index in [4.69, 9.17) is 9.47 Å². The summed E-state index contributed by atoms with van der Waals surface area (Å²) in [5.74, 6) is -1.31. The molecule has 0 aromatic carbocycles. The van der Waals surface area contributed by atoms with E-state index < -0.39 is 44.9 Å². The van der Waals surface area contributed by atoms with Gasteiger partial charge in [0.2, 0.25) is 0 Å². The standard InChI is InChI=1S/C25H30O6/c1-13-16-12-21(6)14(2)24(19(28)30-15(3)25(24,29)18(21)27)22(16,7)10-11-23(13)9-8-17(26)31-20(23,4)5/h8-9,15,29H,2,10-12H2,1,3-7H3/t15-,21+,22-,23-,24-,25+/m0/s1. The lowest BCUT2D eigenvalue weighted by atomic mass is 9.42. The van der Waals surface area contributed by atoms with Crippen LogP contribution in [0.15, 0.2) is 35.5 Å². The summed E-state index contributed by atoms with van der Waals surface area (Å²) in [5, 5.41) is 11.9. The predicted molar refractivity (Wildman–Crippen MR) is 112 cm³/mol. The van der Waals surface area contributed by atoms with E-state index in [0.29, 0.717) is 24.8 Å². The quantitative estimate of drug-likeness (QED) is 0.473. The molecule has 5 rings (SSSR count). The van der Waals surface area contributed by atoms with Gasteiger partial charge in [-0.1, -0.05) is 30.7 Å². The van der Waals surface area contributed by atoms with Gasteiger partial charge in [0, 0.05) is 16.9 Å². The van der Waals surface area contributed by atoms with Gasteiger partial charge in [-0.15, -0.1) is 0 Å². The maximum Gasteiger partial charge on any atom is 0.331 e. The largest absolute Gasteiger partial charge is 0.458 e. The summed E-state index contributed by atoms with van der Waals surface area (Å²) in [6, 6.07) is 0. The van der Waals surface area contributed by atoms with Crippen molar-refractivity contribution < 1.29 is 29.0 Å². The third-order valence-electron chi connectivity index (χ3n) is 9.82. The molecule has 6 heteroatoms. The molecule has 0 radical (unpaired) electrons. The summed E-state index contributed by atoms with van der Waals surface area (Å²) in [6.45, 7) is 15.4. The third kappa shape index (κ3) is 1.72. The molecular weight excluding hydrogens is 396 g/mol. The second-order valence-electron chi connectivity index (χ2n) is 11.1. The van der Waals surface area contributed by atoms with Gasteiger partial charge in [-0.3, -0.25) is 9.59 Å². The molecule has 2 spiro atoms. The zero-order valence-electron chi connectivity index (χ0n) is 19.0. The van der Waals surface area contributed by atoms with Crippen molar-refractivity contribution in [2.75, 3.05) is 0 Å². The van der Waals surface area contributed by atoms with Crippen molar-refractivity contribution in [1.29, 1.82) is 0 Å². The average molecular weight is 427 g/mol. The van der Waals surface area contributed by atoms with Gasteiger partial charge in [0.05, 0.1) is 5.41 Å². The minimum absolute atomic E-state index is 0.373. The highest BCUT2D eigenvalue weighted by molar-refractivity contribution is 6.11. The van der Waals surface area contributed by atoms with Crippen molar-refractivity contribution in [1.82, 2.24) is 0 Å². The molecule has 1 N–H and O–H groups in total. The number of Topliss-reactive ketones (excluding diaryl/α,β-unsaturated/α-hetero) is 1. The summed E-state index contributed by atoms with van der Waals surface area (Å²) in [5.41, 5.74) is -4.23. The summed E-state index contributed by atoms with van der Waals surface area (Å²) in [7, 11) is 0. The zero-order valence-corrected chi connectivity index (χ0v) is 19.0. The number of hydrogen-bond donors (Lipinski definition) is 1. The Kier molecular flexibility index (Phi) is 3.48. The molecule has 6 nitrogen and oxygen atoms in total. The van der Waals surface area contributed by atoms with Crippen molar-refractivity contribution in [2.45, 2.75) is 78.1 Å². The van der Waals surface area contributed by atoms with E-state index in [1.54, 1.807) is 13.8 Å². The van der Waals surface area contributed by atoms with Crippen LogP contribution in [-0.2, 0) is 23.9 Å². The summed E-state index contributed by atoms with van der Waals surface area (Å²) in [6.07, 6.45) is 3.98. The number of rotatable bonds is 0. The second kappa shape index (κ2) is 5.22. The van der Waals surface area contributed by atoms with E-state index in [9.17, 15) is 19.5 Å². The SMILES string of the molecule is C=C1[C@@]2(C)CC3=C(C)[C@]4(C=CC(=O)OC4(C)C)CC[C@]3(C)[C@@]13C(=O)O[C@@H](C)[C@@]3(O)C2=O. The summed E-state index contributed by atoms with van der Waals surface area (Å²) >= 11 is 0. The molecular formula is C25H30O6. The number of fused-ring (bicyclic) bond motifs is 2. The number of esters is 2. The highest BCUT2D eigenvalue weighted by Crippen LogP contribution is 2.78. The Hall–Kier alpha value is -2.21. The van der Waals surface area contributed by atoms with Crippen LogP contribution in [0.4, 0.5) is 0 Å². The lowest BCUT2D eigenvalue weighted by molar-refractivity contribution is -0.166. The normalized spacial score (nSPS) is 49.8. The van der Waals surface area contributed by atoms with Crippen LogP contribution < -0.4 is 0 Å². The van der Waals surface area contributed by atoms with E-state index in [1.165, 1.54) is 6.08 Å². The molecule has 6 atom stereocenters. The van der Waals surface area contributed by atoms with Gasteiger partial charge in [-0.05, 0) is 59.5 Å². The van der Waals surface area contributed by atoms with Crippen molar-refractivity contribution >= 4 is 17.7 Å². The molecule has 31 heavy (non-hydrogen) atoms. The van der Waals surface area contributed by atoms with E-state index in [0.717, 1.165) is 11.1 Å². The lowest BCUT2D eigenvalue weighted by Crippen LogP contribution is -2.63. The Balaban J connectivity index is 1.85. The van der Waals surface area contributed by atoms with Gasteiger partial charge >= 0.3 is 11.9 Å². The van der Waals surface area contributed by atoms with Crippen molar-refractivity contribution in [2.24, 2.45) is 21.7 Å². The molecule has 0 amide bonds. The van der Waals surface area contributed by atoms with Gasteiger partial charge in [0.1, 0.15) is 17.1 Å². The number of carbonyl (C=O) groups is 3. The first kappa shape index (κ1) is 20.7. The Morgan fingerprint density at radius 1 is 1.13 bits per heavy atom. The van der Waals surface area contributed by atoms with E-state index in [2.05, 4.69) is 6.58 Å². The molecule has 0 aromatic heterocycles. The van der Waals surface area contributed by atoms with Crippen LogP contribution in [0, 0.1) is 21.7 Å². The second-order valence-corrected chi connectivity index (χ2v) is 11.1. The third-order valence-corrected chi connectivity index (χ3v) is 9.82. The highest BCUT2D eigenvalue weighted by atomic mass is 16.6. The number of ether oxygens (including phenoxy) is 2. The monoisotopic (exact) mass is 426 g/mol. The van der Waals surface area contributed by atoms with Gasteiger partial charge in [-0.2, -0.15) is 0 Å². The van der Waals surface area contributed by atoms with Gasteiger partial charge in [0.15, 0.2) is 11.4 Å². The van der Waals surface area contributed by atoms with Crippen LogP contribution in [0.25, 0.3) is 0 Å². The van der Waals surface area contributed by atoms with E-state index in [-0.39, 0.29) is 11.8 Å². The number of allylic oxidation sites excluding steroid dienone is 1. The summed E-state index contributed by atoms with van der Waals surface area (Å²) < 4.78 is 11.3. The molecule has 5 aliphatic rings. The van der Waals surface area contributed by atoms with Crippen molar-refractivity contribution in [3.8, 4) is 0 Å². The molecule has 2 aliphatic heterocycles. The van der Waals surface area contributed by atoms with E-state index >= 15 is 0 Å². The Bertz CT molecular complexity index is 1060. The Morgan fingerprint density at radius 2 is 1.77 bits per heavy atom. The molecule has 2 bridgehead atoms. The predicted octanol–water partition coefficient (Wildman–Crippen LogP) is 3.19. The molecule has 2 saturated carbocycles. The van der Waals surface area contributed by atoms with Crippen LogP contribution in [0.2, 0.25) is 0 Å². The minimum Gasteiger partial charge on any atom is -0.458 e. The summed E-state index contributed by atoms with van der Waals surface area (Å²) in [4.78, 5) is 39.3. The smallest absolute Gasteiger partial charge is 0.331 e. The fraction of sp³-hybridized carbons (Fsp3) is 0.640. The minimum atomic E-state index is -1.94. The van der Waals surface area contributed by atoms with Gasteiger partial charge in [-0.25, -0.2) is 4.79 Å². The molecule has 3 aliphatic carbocycles. The van der Waals surface area contributed by atoms with Crippen LogP contribution in [0.3, 0.4) is 0 Å². The first-order valence-electron chi connectivity index (χ1n) is 11.0. The Morgan fingerprint density at radius 3 is 2.39 bits per heavy atom. The van der Waals surface area contributed by atoms with Gasteiger partial charge < -0.3 is 14.6 Å². The van der Waals surface area contributed by atoms with Crippen LogP contribution >= 0.6 is 0 Å². The fourth-order valence-electron chi connectivity index (χ4n) is 7.95. The van der Waals surface area contributed by atoms with Gasteiger partial charge in [0.25, 0.3) is 0 Å². The molecule has 1 saturated heterocycles. The first-order chi connectivity index (χ1) is 14.2. The molecule has 166 valence electrons. The maximum atomic E-state index is 13.8. The number of carbonyl (C=O) groups excluding carboxylic acids is 3. The molecule has 2 heterocycles. The zero-order chi connectivity index (χ0) is 23.0. The van der Waals surface area contributed by atoms with Crippen LogP contribution in [0.1, 0.15) is 60.8 Å². The number of cyclic esters (lactones) is 2. The van der Waals surface area contributed by atoms with Crippen molar-refractivity contribution in [3.63, 3.8) is 0 Å². The highest BCUT2D eigenvalue weighted by Gasteiger charge is 2.87. The fourth-order valence-corrected chi connectivity index (χ4v) is 7.95. The molecule has 0 aromatic rings. The number of aliphatic hydroxyl groups is 1. The molecule has 0 unspecified atom stereocenters. The van der Waals surface area contributed by atoms with Crippen LogP contribution in [-0.4, -0.2) is 40.1 Å². The van der Waals surface area contributed by atoms with Crippen LogP contribution in [0.5, 0.6) is 0 Å². The first-order valence-corrected chi connectivity index (χ1v) is 11.0. The maximum absolute atomic E-state index is 13.8. The average Bonchev–Trinajstić information content (AvgIpc) is 2.93. The van der Waals surface area contributed by atoms with E-state index in [1.807, 2.05) is 33.8 Å². The molecule has 3 fully saturated rings. The van der Waals surface area contributed by atoms with Crippen molar-refractivity contribution in [3.05, 3.63) is 35.5 Å². The number of ketones is 1. The lowest BCUT2D eigenvalue weighted by Gasteiger charge is -2.60. The Labute approximate surface area is 182 Å².